The number of fused-ring (bicyclic) bond motifs is 1. The molecule has 2 saturated heterocycles. The number of hydrogen-bond acceptors (Lipinski definition) is 5. The lowest BCUT2D eigenvalue weighted by Crippen LogP contribution is -2.62. The molecule has 4 rings (SSSR count). The molecule has 6 atom stereocenters. The Labute approximate surface area is 184 Å². The molecule has 2 aliphatic heterocycles. The molecule has 0 saturated carbocycles. The van der Waals surface area contributed by atoms with Gasteiger partial charge in [0.1, 0.15) is 11.7 Å². The largest absolute Gasteiger partial charge is 0.390 e. The number of hydrogen-bond donors (Lipinski definition) is 1. The average Bonchev–Trinajstić information content (AvgIpc) is 2.80. The maximum Gasteiger partial charge on any atom is 0.111 e. The van der Waals surface area contributed by atoms with Crippen LogP contribution in [0.25, 0.3) is 0 Å². The number of aliphatic hydroxyl groups is 1. The highest BCUT2D eigenvalue weighted by Crippen LogP contribution is 2.38. The SMILES string of the molecule is C=C[C@@]1(C)O[C@H]2[C@@H](OCc3ccccc3)C[C@@H](COCc3ccccc3)O[C@@H]2C[C@@H]1O. The van der Waals surface area contributed by atoms with E-state index in [9.17, 15) is 5.11 Å². The standard InChI is InChI=1S/C26H32O5/c1-3-26(2)24(27)15-23-25(31-26)22(29-17-20-12-8-5-9-13-20)14-21(30-23)18-28-16-19-10-6-4-7-11-19/h3-13,21-25,27H,1,14-18H2,2H3/t21-,22-,23+,24-,25-,26+/m0/s1. The van der Waals surface area contributed by atoms with Crippen molar-refractivity contribution in [3.8, 4) is 0 Å². The van der Waals surface area contributed by atoms with Gasteiger partial charge >= 0.3 is 0 Å². The fourth-order valence-electron chi connectivity index (χ4n) is 4.29. The summed E-state index contributed by atoms with van der Waals surface area (Å²) in [6.07, 6.45) is 1.37. The van der Waals surface area contributed by atoms with Crippen LogP contribution in [0.1, 0.15) is 30.9 Å². The number of ether oxygens (including phenoxy) is 4. The summed E-state index contributed by atoms with van der Waals surface area (Å²) in [5, 5.41) is 10.6. The van der Waals surface area contributed by atoms with E-state index in [0.717, 1.165) is 11.1 Å². The van der Waals surface area contributed by atoms with Crippen molar-refractivity contribution < 1.29 is 24.1 Å². The van der Waals surface area contributed by atoms with Crippen LogP contribution in [0.4, 0.5) is 0 Å². The van der Waals surface area contributed by atoms with Crippen LogP contribution in [0, 0.1) is 0 Å². The maximum atomic E-state index is 10.6. The van der Waals surface area contributed by atoms with Crippen molar-refractivity contribution in [1.82, 2.24) is 0 Å². The minimum absolute atomic E-state index is 0.116. The highest BCUT2D eigenvalue weighted by atomic mass is 16.6. The molecule has 0 spiro atoms. The summed E-state index contributed by atoms with van der Waals surface area (Å²) in [5.41, 5.74) is 1.44. The lowest BCUT2D eigenvalue weighted by Gasteiger charge is -2.50. The highest BCUT2D eigenvalue weighted by molar-refractivity contribution is 5.14. The van der Waals surface area contributed by atoms with Gasteiger partial charge in [-0.15, -0.1) is 6.58 Å². The second-order valence-electron chi connectivity index (χ2n) is 8.59. The molecule has 2 aromatic carbocycles. The van der Waals surface area contributed by atoms with E-state index in [0.29, 0.717) is 32.7 Å². The van der Waals surface area contributed by atoms with Gasteiger partial charge < -0.3 is 24.1 Å². The topological polar surface area (TPSA) is 57.2 Å². The van der Waals surface area contributed by atoms with Crippen molar-refractivity contribution in [3.05, 3.63) is 84.4 Å². The molecule has 0 aromatic heterocycles. The molecule has 1 N–H and O–H groups in total. The zero-order chi connectivity index (χ0) is 21.7. The van der Waals surface area contributed by atoms with Crippen LogP contribution in [-0.4, -0.2) is 47.8 Å². The monoisotopic (exact) mass is 424 g/mol. The fourth-order valence-corrected chi connectivity index (χ4v) is 4.29. The Morgan fingerprint density at radius 3 is 2.32 bits per heavy atom. The van der Waals surface area contributed by atoms with Gasteiger partial charge in [-0.25, -0.2) is 0 Å². The first-order valence-corrected chi connectivity index (χ1v) is 11.0. The molecule has 2 fully saturated rings. The zero-order valence-corrected chi connectivity index (χ0v) is 18.1. The molecule has 0 aliphatic carbocycles. The molecule has 0 unspecified atom stereocenters. The number of benzene rings is 2. The van der Waals surface area contributed by atoms with Gasteiger partial charge in [-0.05, 0) is 18.1 Å². The quantitative estimate of drug-likeness (QED) is 0.648. The smallest absolute Gasteiger partial charge is 0.111 e. The third-order valence-electron chi connectivity index (χ3n) is 6.23. The van der Waals surface area contributed by atoms with E-state index in [1.807, 2.05) is 55.5 Å². The third kappa shape index (κ3) is 5.43. The summed E-state index contributed by atoms with van der Waals surface area (Å²) in [5.74, 6) is 0. The van der Waals surface area contributed by atoms with Crippen LogP contribution >= 0.6 is 0 Å². The molecular weight excluding hydrogens is 392 g/mol. The van der Waals surface area contributed by atoms with Crippen LogP contribution in [0.3, 0.4) is 0 Å². The Morgan fingerprint density at radius 1 is 1.03 bits per heavy atom. The van der Waals surface area contributed by atoms with E-state index in [2.05, 4.69) is 18.7 Å². The molecule has 2 aliphatic rings. The Bertz CT molecular complexity index is 826. The van der Waals surface area contributed by atoms with Gasteiger partial charge in [-0.3, -0.25) is 0 Å². The second-order valence-corrected chi connectivity index (χ2v) is 8.59. The summed E-state index contributed by atoms with van der Waals surface area (Å²) >= 11 is 0. The zero-order valence-electron chi connectivity index (χ0n) is 18.1. The molecule has 0 amide bonds. The molecule has 2 aromatic rings. The molecule has 0 radical (unpaired) electrons. The first-order valence-electron chi connectivity index (χ1n) is 11.0. The average molecular weight is 425 g/mol. The minimum atomic E-state index is -0.810. The normalized spacial score (nSPS) is 32.9. The van der Waals surface area contributed by atoms with Gasteiger partial charge in [0.2, 0.25) is 0 Å². The van der Waals surface area contributed by atoms with E-state index in [1.54, 1.807) is 6.08 Å². The first kappa shape index (κ1) is 22.2. The van der Waals surface area contributed by atoms with E-state index < -0.39 is 11.7 Å². The third-order valence-corrected chi connectivity index (χ3v) is 6.23. The van der Waals surface area contributed by atoms with Crippen molar-refractivity contribution in [3.63, 3.8) is 0 Å². The van der Waals surface area contributed by atoms with Crippen LogP contribution in [0.15, 0.2) is 73.3 Å². The molecule has 0 bridgehead atoms. The summed E-state index contributed by atoms with van der Waals surface area (Å²) in [6.45, 7) is 7.24. The van der Waals surface area contributed by atoms with Crippen molar-refractivity contribution in [1.29, 1.82) is 0 Å². The van der Waals surface area contributed by atoms with E-state index in [-0.39, 0.29) is 24.4 Å². The lowest BCUT2D eigenvalue weighted by atomic mass is 9.84. The predicted molar refractivity (Wildman–Crippen MR) is 118 cm³/mol. The number of rotatable bonds is 8. The highest BCUT2D eigenvalue weighted by Gasteiger charge is 2.50. The first-order chi connectivity index (χ1) is 15.1. The van der Waals surface area contributed by atoms with Gasteiger partial charge in [0.15, 0.2) is 0 Å². The molecular formula is C26H32O5. The molecule has 2 heterocycles. The fraction of sp³-hybridized carbons (Fsp3) is 0.462. The molecule has 5 heteroatoms. The summed E-state index contributed by atoms with van der Waals surface area (Å²) in [7, 11) is 0. The van der Waals surface area contributed by atoms with Gasteiger partial charge in [-0.2, -0.15) is 0 Å². The van der Waals surface area contributed by atoms with Gasteiger partial charge in [0, 0.05) is 12.8 Å². The van der Waals surface area contributed by atoms with Crippen molar-refractivity contribution >= 4 is 0 Å². The van der Waals surface area contributed by atoms with Crippen LogP contribution in [0.5, 0.6) is 0 Å². The molecule has 5 nitrogen and oxygen atoms in total. The Hall–Kier alpha value is -2.02. The lowest BCUT2D eigenvalue weighted by molar-refractivity contribution is -0.280. The van der Waals surface area contributed by atoms with E-state index in [4.69, 9.17) is 18.9 Å². The van der Waals surface area contributed by atoms with E-state index >= 15 is 0 Å². The Morgan fingerprint density at radius 2 is 1.68 bits per heavy atom. The summed E-state index contributed by atoms with van der Waals surface area (Å²) in [4.78, 5) is 0. The van der Waals surface area contributed by atoms with Gasteiger partial charge in [-0.1, -0.05) is 66.7 Å². The molecule has 31 heavy (non-hydrogen) atoms. The van der Waals surface area contributed by atoms with Crippen molar-refractivity contribution in [2.45, 2.75) is 69.1 Å². The Balaban J connectivity index is 1.42. The molecule has 166 valence electrons. The van der Waals surface area contributed by atoms with Crippen LogP contribution in [0.2, 0.25) is 0 Å². The van der Waals surface area contributed by atoms with Gasteiger partial charge in [0.05, 0.1) is 44.2 Å². The van der Waals surface area contributed by atoms with Crippen LogP contribution in [-0.2, 0) is 32.2 Å². The van der Waals surface area contributed by atoms with Crippen molar-refractivity contribution in [2.24, 2.45) is 0 Å². The van der Waals surface area contributed by atoms with Gasteiger partial charge in [0.25, 0.3) is 0 Å². The summed E-state index contributed by atoms with van der Waals surface area (Å²) < 4.78 is 24.9. The number of aliphatic hydroxyl groups excluding tert-OH is 1. The second kappa shape index (κ2) is 10.1. The van der Waals surface area contributed by atoms with Crippen molar-refractivity contribution in [2.75, 3.05) is 6.61 Å². The predicted octanol–water partition coefficient (Wildman–Crippen LogP) is 4.04. The minimum Gasteiger partial charge on any atom is -0.390 e. The Kier molecular flexibility index (Phi) is 7.20. The van der Waals surface area contributed by atoms with E-state index in [1.165, 1.54) is 0 Å². The maximum absolute atomic E-state index is 10.6. The summed E-state index contributed by atoms with van der Waals surface area (Å²) in [6, 6.07) is 20.2. The van der Waals surface area contributed by atoms with Crippen LogP contribution < -0.4 is 0 Å².